The molecule has 0 unspecified atom stereocenters. The van der Waals surface area contributed by atoms with Crippen molar-refractivity contribution in [2.75, 3.05) is 19.0 Å². The summed E-state index contributed by atoms with van der Waals surface area (Å²) < 4.78 is 4.49. The molecule has 0 aliphatic carbocycles. The minimum atomic E-state index is -0.181. The van der Waals surface area contributed by atoms with Gasteiger partial charge < -0.3 is 10.1 Å². The van der Waals surface area contributed by atoms with E-state index < -0.39 is 0 Å². The Bertz CT molecular complexity index is 233. The van der Waals surface area contributed by atoms with Gasteiger partial charge in [0.25, 0.3) is 0 Å². The Morgan fingerprint density at radius 2 is 2.58 bits per heavy atom. The third-order valence-corrected chi connectivity index (χ3v) is 2.20. The molecule has 12 heavy (non-hydrogen) atoms. The second-order valence-electron chi connectivity index (χ2n) is 2.23. The summed E-state index contributed by atoms with van der Waals surface area (Å²) in [6.45, 7) is 0.632. The quantitative estimate of drug-likeness (QED) is 0.726. The Morgan fingerprint density at radius 3 is 3.17 bits per heavy atom. The second-order valence-corrected chi connectivity index (χ2v) is 3.18. The number of esters is 1. The lowest BCUT2D eigenvalue weighted by atomic mass is 10.4. The first-order valence-corrected chi connectivity index (χ1v) is 4.55. The molecule has 0 aliphatic rings. The number of ether oxygens (including phenoxy) is 1. The van der Waals surface area contributed by atoms with Gasteiger partial charge in [0.2, 0.25) is 0 Å². The van der Waals surface area contributed by atoms with Gasteiger partial charge in [-0.2, -0.15) is 0 Å². The number of thiophene rings is 1. The van der Waals surface area contributed by atoms with Gasteiger partial charge in [0.15, 0.2) is 0 Å². The summed E-state index contributed by atoms with van der Waals surface area (Å²) in [6, 6.07) is 3.94. The number of carbonyl (C=O) groups excluding carboxylic acids is 1. The second kappa shape index (κ2) is 4.77. The van der Waals surface area contributed by atoms with Crippen LogP contribution in [0.4, 0.5) is 5.00 Å². The van der Waals surface area contributed by atoms with Crippen LogP contribution >= 0.6 is 11.3 Å². The van der Waals surface area contributed by atoms with Crippen molar-refractivity contribution in [2.45, 2.75) is 6.42 Å². The Hall–Kier alpha value is -1.03. The third kappa shape index (κ3) is 2.92. The van der Waals surface area contributed by atoms with Crippen molar-refractivity contribution in [3.63, 3.8) is 0 Å². The molecule has 1 N–H and O–H groups in total. The maximum absolute atomic E-state index is 10.7. The summed E-state index contributed by atoms with van der Waals surface area (Å²) in [5, 5.41) is 6.18. The van der Waals surface area contributed by atoms with E-state index in [1.807, 2.05) is 17.5 Å². The Kier molecular flexibility index (Phi) is 3.60. The largest absolute Gasteiger partial charge is 0.469 e. The third-order valence-electron chi connectivity index (χ3n) is 1.38. The van der Waals surface area contributed by atoms with Crippen molar-refractivity contribution in [1.29, 1.82) is 0 Å². The van der Waals surface area contributed by atoms with Crippen LogP contribution in [0.15, 0.2) is 17.5 Å². The zero-order chi connectivity index (χ0) is 8.81. The van der Waals surface area contributed by atoms with Crippen LogP contribution in [0.5, 0.6) is 0 Å². The van der Waals surface area contributed by atoms with Gasteiger partial charge in [-0.3, -0.25) is 4.79 Å². The summed E-state index contributed by atoms with van der Waals surface area (Å²) >= 11 is 1.62. The lowest BCUT2D eigenvalue weighted by Gasteiger charge is -2.00. The standard InChI is InChI=1S/C8H11NO2S/c1-11-8(10)4-5-9-7-3-2-6-12-7/h2-3,6,9H,4-5H2,1H3. The van der Waals surface area contributed by atoms with E-state index in [-0.39, 0.29) is 5.97 Å². The van der Waals surface area contributed by atoms with E-state index in [0.717, 1.165) is 5.00 Å². The van der Waals surface area contributed by atoms with Gasteiger partial charge >= 0.3 is 5.97 Å². The molecule has 0 saturated heterocycles. The number of anilines is 1. The van der Waals surface area contributed by atoms with Gasteiger partial charge in [-0.1, -0.05) is 0 Å². The van der Waals surface area contributed by atoms with Crippen LogP contribution < -0.4 is 5.32 Å². The maximum atomic E-state index is 10.7. The van der Waals surface area contributed by atoms with E-state index in [0.29, 0.717) is 13.0 Å². The number of hydrogen-bond acceptors (Lipinski definition) is 4. The molecule has 1 rings (SSSR count). The van der Waals surface area contributed by atoms with Crippen molar-refractivity contribution in [3.8, 4) is 0 Å². The molecule has 0 aromatic carbocycles. The number of nitrogens with one attached hydrogen (secondary N) is 1. The van der Waals surface area contributed by atoms with Crippen molar-refractivity contribution < 1.29 is 9.53 Å². The molecular weight excluding hydrogens is 174 g/mol. The minimum Gasteiger partial charge on any atom is -0.469 e. The lowest BCUT2D eigenvalue weighted by Crippen LogP contribution is -2.08. The van der Waals surface area contributed by atoms with E-state index in [4.69, 9.17) is 0 Å². The van der Waals surface area contributed by atoms with Crippen LogP contribution in [-0.4, -0.2) is 19.6 Å². The van der Waals surface area contributed by atoms with E-state index >= 15 is 0 Å². The fraction of sp³-hybridized carbons (Fsp3) is 0.375. The molecule has 3 nitrogen and oxygen atoms in total. The highest BCUT2D eigenvalue weighted by Gasteiger charge is 1.98. The summed E-state index contributed by atoms with van der Waals surface area (Å²) in [4.78, 5) is 10.7. The summed E-state index contributed by atoms with van der Waals surface area (Å²) in [5.41, 5.74) is 0. The summed E-state index contributed by atoms with van der Waals surface area (Å²) in [7, 11) is 1.40. The van der Waals surface area contributed by atoms with Gasteiger partial charge in [0.1, 0.15) is 0 Å². The first kappa shape index (κ1) is 9.06. The van der Waals surface area contributed by atoms with Gasteiger partial charge in [0.05, 0.1) is 18.5 Å². The molecule has 4 heteroatoms. The van der Waals surface area contributed by atoms with Gasteiger partial charge in [-0.25, -0.2) is 0 Å². The zero-order valence-corrected chi connectivity index (χ0v) is 7.69. The van der Waals surface area contributed by atoms with Crippen molar-refractivity contribution in [3.05, 3.63) is 17.5 Å². The Morgan fingerprint density at radius 1 is 1.75 bits per heavy atom. The smallest absolute Gasteiger partial charge is 0.307 e. The highest BCUT2D eigenvalue weighted by atomic mass is 32.1. The van der Waals surface area contributed by atoms with Crippen LogP contribution in [0.3, 0.4) is 0 Å². The van der Waals surface area contributed by atoms with E-state index in [2.05, 4.69) is 10.1 Å². The molecule has 0 bridgehead atoms. The fourth-order valence-electron chi connectivity index (χ4n) is 0.769. The number of methoxy groups -OCH3 is 1. The topological polar surface area (TPSA) is 38.3 Å². The number of hydrogen-bond donors (Lipinski definition) is 1. The minimum absolute atomic E-state index is 0.181. The molecular formula is C8H11NO2S. The van der Waals surface area contributed by atoms with E-state index in [1.54, 1.807) is 11.3 Å². The van der Waals surface area contributed by atoms with Crippen molar-refractivity contribution in [2.24, 2.45) is 0 Å². The number of rotatable bonds is 4. The molecule has 1 aromatic rings. The zero-order valence-electron chi connectivity index (χ0n) is 6.87. The van der Waals surface area contributed by atoms with Crippen LogP contribution in [0.2, 0.25) is 0 Å². The summed E-state index contributed by atoms with van der Waals surface area (Å²) in [5.74, 6) is -0.181. The highest BCUT2D eigenvalue weighted by molar-refractivity contribution is 7.14. The van der Waals surface area contributed by atoms with Gasteiger partial charge in [-0.05, 0) is 17.5 Å². The Balaban J connectivity index is 2.15. The van der Waals surface area contributed by atoms with E-state index in [1.165, 1.54) is 7.11 Å². The van der Waals surface area contributed by atoms with E-state index in [9.17, 15) is 4.79 Å². The molecule has 1 aromatic heterocycles. The molecule has 0 spiro atoms. The van der Waals surface area contributed by atoms with Crippen molar-refractivity contribution >= 4 is 22.3 Å². The summed E-state index contributed by atoms with van der Waals surface area (Å²) in [6.07, 6.45) is 0.411. The first-order valence-electron chi connectivity index (χ1n) is 3.67. The molecule has 0 aliphatic heterocycles. The fourth-order valence-corrected chi connectivity index (χ4v) is 1.42. The highest BCUT2D eigenvalue weighted by Crippen LogP contribution is 2.14. The van der Waals surface area contributed by atoms with Gasteiger partial charge in [-0.15, -0.1) is 11.3 Å². The van der Waals surface area contributed by atoms with Crippen LogP contribution in [0.25, 0.3) is 0 Å². The van der Waals surface area contributed by atoms with Gasteiger partial charge in [0, 0.05) is 6.54 Å². The predicted molar refractivity (Wildman–Crippen MR) is 49.4 cm³/mol. The molecule has 66 valence electrons. The SMILES string of the molecule is COC(=O)CCNc1cccs1. The van der Waals surface area contributed by atoms with Crippen molar-refractivity contribution in [1.82, 2.24) is 0 Å². The molecule has 1 heterocycles. The monoisotopic (exact) mass is 185 g/mol. The van der Waals surface area contributed by atoms with Crippen LogP contribution in [0.1, 0.15) is 6.42 Å². The average Bonchev–Trinajstić information content (AvgIpc) is 2.57. The average molecular weight is 185 g/mol. The van der Waals surface area contributed by atoms with Crippen LogP contribution in [0, 0.1) is 0 Å². The first-order chi connectivity index (χ1) is 5.83. The molecule has 0 radical (unpaired) electrons. The lowest BCUT2D eigenvalue weighted by molar-refractivity contribution is -0.140. The predicted octanol–water partition coefficient (Wildman–Crippen LogP) is 1.72. The normalized spacial score (nSPS) is 9.42. The number of carbonyl (C=O) groups is 1. The van der Waals surface area contributed by atoms with Crippen LogP contribution in [-0.2, 0) is 9.53 Å². The Labute approximate surface area is 75.4 Å². The molecule has 0 atom stereocenters. The molecule has 0 amide bonds. The molecule has 0 fully saturated rings. The maximum Gasteiger partial charge on any atom is 0.307 e. The molecule has 0 saturated carbocycles.